The molecule has 0 aliphatic carbocycles. The largest absolute Gasteiger partial charge is 0.368 e. The first kappa shape index (κ1) is 15.0. The van der Waals surface area contributed by atoms with Gasteiger partial charge >= 0.3 is 0 Å². The minimum atomic E-state index is -3.40. The molecule has 0 radical (unpaired) electrons. The summed E-state index contributed by atoms with van der Waals surface area (Å²) in [5.74, 6) is 0.000622. The van der Waals surface area contributed by atoms with Crippen LogP contribution in [0.5, 0.6) is 0 Å². The Kier molecular flexibility index (Phi) is 4.30. The molecular weight excluding hydrogens is 312 g/mol. The van der Waals surface area contributed by atoms with Gasteiger partial charge in [0.15, 0.2) is 0 Å². The predicted octanol–water partition coefficient (Wildman–Crippen LogP) is 0.760. The van der Waals surface area contributed by atoms with E-state index >= 15 is 0 Å². The van der Waals surface area contributed by atoms with Crippen LogP contribution in [0.3, 0.4) is 0 Å². The second-order valence-corrected chi connectivity index (χ2v) is 8.28. The standard InChI is InChI=1S/C13H18N2O4S2/c16-13(11-3-1-9-19-11)14-5-7-15(8-6-14)21(17,18)12-4-2-10-20-12/h2,4,10-11H,1,3,5-9H2. The third-order valence-electron chi connectivity index (χ3n) is 3.84. The molecule has 3 rings (SSSR count). The molecule has 0 aromatic carbocycles. The van der Waals surface area contributed by atoms with Crippen molar-refractivity contribution in [2.24, 2.45) is 0 Å². The molecule has 0 spiro atoms. The van der Waals surface area contributed by atoms with Gasteiger partial charge in [0.05, 0.1) is 0 Å². The molecule has 0 bridgehead atoms. The fraction of sp³-hybridized carbons (Fsp3) is 0.615. The van der Waals surface area contributed by atoms with E-state index in [2.05, 4.69) is 0 Å². The number of piperazine rings is 1. The summed E-state index contributed by atoms with van der Waals surface area (Å²) < 4.78 is 32.0. The minimum Gasteiger partial charge on any atom is -0.368 e. The Balaban J connectivity index is 1.61. The van der Waals surface area contributed by atoms with Crippen LogP contribution in [0, 0.1) is 0 Å². The Morgan fingerprint density at radius 2 is 2.05 bits per heavy atom. The van der Waals surface area contributed by atoms with E-state index in [0.717, 1.165) is 12.8 Å². The van der Waals surface area contributed by atoms with E-state index < -0.39 is 10.0 Å². The van der Waals surface area contributed by atoms with E-state index in [9.17, 15) is 13.2 Å². The van der Waals surface area contributed by atoms with E-state index in [0.29, 0.717) is 37.0 Å². The number of thiophene rings is 1. The monoisotopic (exact) mass is 330 g/mol. The van der Waals surface area contributed by atoms with Crippen molar-refractivity contribution in [2.45, 2.75) is 23.2 Å². The Bertz CT molecular complexity index is 586. The minimum absolute atomic E-state index is 0.000622. The fourth-order valence-electron chi connectivity index (χ4n) is 2.66. The number of carbonyl (C=O) groups is 1. The first-order valence-corrected chi connectivity index (χ1v) is 9.35. The van der Waals surface area contributed by atoms with Crippen molar-refractivity contribution in [3.8, 4) is 0 Å². The van der Waals surface area contributed by atoms with Gasteiger partial charge in [-0.1, -0.05) is 6.07 Å². The zero-order chi connectivity index (χ0) is 14.9. The van der Waals surface area contributed by atoms with Gasteiger partial charge < -0.3 is 9.64 Å². The first-order valence-electron chi connectivity index (χ1n) is 7.03. The molecule has 116 valence electrons. The van der Waals surface area contributed by atoms with Gasteiger partial charge in [0.1, 0.15) is 10.3 Å². The molecule has 1 atom stereocenters. The van der Waals surface area contributed by atoms with Crippen molar-refractivity contribution in [3.63, 3.8) is 0 Å². The van der Waals surface area contributed by atoms with Gasteiger partial charge in [0.25, 0.3) is 15.9 Å². The Labute approximate surface area is 128 Å². The van der Waals surface area contributed by atoms with Gasteiger partial charge in [0, 0.05) is 32.8 Å². The molecule has 0 N–H and O–H groups in total. The van der Waals surface area contributed by atoms with Gasteiger partial charge in [-0.05, 0) is 24.3 Å². The van der Waals surface area contributed by atoms with Gasteiger partial charge in [-0.2, -0.15) is 4.31 Å². The second-order valence-electron chi connectivity index (χ2n) is 5.16. The number of hydrogen-bond acceptors (Lipinski definition) is 5. The molecule has 1 aromatic rings. The highest BCUT2D eigenvalue weighted by molar-refractivity contribution is 7.91. The molecule has 2 fully saturated rings. The summed E-state index contributed by atoms with van der Waals surface area (Å²) in [5, 5.41) is 1.75. The Morgan fingerprint density at radius 1 is 1.29 bits per heavy atom. The number of sulfonamides is 1. The highest BCUT2D eigenvalue weighted by atomic mass is 32.2. The van der Waals surface area contributed by atoms with Gasteiger partial charge in [-0.3, -0.25) is 4.79 Å². The summed E-state index contributed by atoms with van der Waals surface area (Å²) >= 11 is 1.22. The molecule has 3 heterocycles. The molecule has 2 aliphatic heterocycles. The number of hydrogen-bond donors (Lipinski definition) is 0. The van der Waals surface area contributed by atoms with E-state index in [1.807, 2.05) is 0 Å². The lowest BCUT2D eigenvalue weighted by Crippen LogP contribution is -2.52. The molecule has 6 nitrogen and oxygen atoms in total. The fourth-order valence-corrected chi connectivity index (χ4v) is 5.23. The number of ether oxygens (including phenoxy) is 1. The van der Waals surface area contributed by atoms with Crippen LogP contribution in [-0.2, 0) is 19.6 Å². The Morgan fingerprint density at radius 3 is 2.62 bits per heavy atom. The number of rotatable bonds is 3. The van der Waals surface area contributed by atoms with Crippen molar-refractivity contribution in [2.75, 3.05) is 32.8 Å². The summed E-state index contributed by atoms with van der Waals surface area (Å²) in [6.07, 6.45) is 1.36. The summed E-state index contributed by atoms with van der Waals surface area (Å²) in [4.78, 5) is 13.9. The molecule has 1 aromatic heterocycles. The predicted molar refractivity (Wildman–Crippen MR) is 78.6 cm³/mol. The zero-order valence-corrected chi connectivity index (χ0v) is 13.2. The second kappa shape index (κ2) is 6.04. The summed E-state index contributed by atoms with van der Waals surface area (Å²) in [5.41, 5.74) is 0. The molecule has 8 heteroatoms. The van der Waals surface area contributed by atoms with Crippen molar-refractivity contribution in [1.29, 1.82) is 0 Å². The van der Waals surface area contributed by atoms with Crippen LogP contribution in [-0.4, -0.2) is 62.4 Å². The summed E-state index contributed by atoms with van der Waals surface area (Å²) in [6.45, 7) is 2.20. The normalized spacial score (nSPS) is 24.4. The maximum absolute atomic E-state index is 12.4. The highest BCUT2D eigenvalue weighted by Crippen LogP contribution is 2.23. The van der Waals surface area contributed by atoms with Crippen molar-refractivity contribution < 1.29 is 17.9 Å². The molecule has 0 saturated carbocycles. The van der Waals surface area contributed by atoms with Crippen molar-refractivity contribution in [1.82, 2.24) is 9.21 Å². The molecule has 1 unspecified atom stereocenters. The summed E-state index contributed by atoms with van der Waals surface area (Å²) in [6, 6.07) is 3.35. The average Bonchev–Trinajstić information content (AvgIpc) is 3.19. The van der Waals surface area contributed by atoms with Crippen molar-refractivity contribution >= 4 is 27.3 Å². The maximum atomic E-state index is 12.4. The molecule has 21 heavy (non-hydrogen) atoms. The van der Waals surface area contributed by atoms with Crippen LogP contribution < -0.4 is 0 Å². The number of carbonyl (C=O) groups excluding carboxylic acids is 1. The third-order valence-corrected chi connectivity index (χ3v) is 7.12. The summed E-state index contributed by atoms with van der Waals surface area (Å²) in [7, 11) is -3.40. The molecule has 1 amide bonds. The van der Waals surface area contributed by atoms with Gasteiger partial charge in [-0.15, -0.1) is 11.3 Å². The van der Waals surface area contributed by atoms with Gasteiger partial charge in [-0.25, -0.2) is 8.42 Å². The number of amides is 1. The van der Waals surface area contributed by atoms with Crippen LogP contribution in [0.4, 0.5) is 0 Å². The third kappa shape index (κ3) is 2.98. The van der Waals surface area contributed by atoms with Crippen LogP contribution in [0.1, 0.15) is 12.8 Å². The highest BCUT2D eigenvalue weighted by Gasteiger charge is 2.34. The van der Waals surface area contributed by atoms with Crippen LogP contribution in [0.25, 0.3) is 0 Å². The molecule has 2 saturated heterocycles. The lowest BCUT2D eigenvalue weighted by Gasteiger charge is -2.34. The smallest absolute Gasteiger partial charge is 0.252 e. The quantitative estimate of drug-likeness (QED) is 0.821. The number of nitrogens with zero attached hydrogens (tertiary/aromatic N) is 2. The lowest BCUT2D eigenvalue weighted by atomic mass is 10.2. The van der Waals surface area contributed by atoms with E-state index in [-0.39, 0.29) is 12.0 Å². The zero-order valence-electron chi connectivity index (χ0n) is 11.6. The lowest BCUT2D eigenvalue weighted by molar-refractivity contribution is -0.142. The van der Waals surface area contributed by atoms with E-state index in [1.54, 1.807) is 22.4 Å². The Hall–Kier alpha value is -0.960. The van der Waals surface area contributed by atoms with Crippen LogP contribution in [0.15, 0.2) is 21.7 Å². The molecule has 2 aliphatic rings. The van der Waals surface area contributed by atoms with Crippen LogP contribution >= 0.6 is 11.3 Å². The average molecular weight is 330 g/mol. The first-order chi connectivity index (χ1) is 10.1. The molecular formula is C13H18N2O4S2. The van der Waals surface area contributed by atoms with Crippen LogP contribution in [0.2, 0.25) is 0 Å². The maximum Gasteiger partial charge on any atom is 0.252 e. The van der Waals surface area contributed by atoms with E-state index in [4.69, 9.17) is 4.74 Å². The van der Waals surface area contributed by atoms with Gasteiger partial charge in [0.2, 0.25) is 0 Å². The SMILES string of the molecule is O=C(C1CCCO1)N1CCN(S(=O)(=O)c2cccs2)CC1. The topological polar surface area (TPSA) is 66.9 Å². The van der Waals surface area contributed by atoms with E-state index in [1.165, 1.54) is 15.6 Å². The van der Waals surface area contributed by atoms with Crippen molar-refractivity contribution in [3.05, 3.63) is 17.5 Å².